The third-order valence-corrected chi connectivity index (χ3v) is 11.9. The summed E-state index contributed by atoms with van der Waals surface area (Å²) < 4.78 is 6.70. The molecule has 10 aromatic rings. The van der Waals surface area contributed by atoms with Gasteiger partial charge >= 0.3 is 0 Å². The van der Waals surface area contributed by atoms with E-state index in [-0.39, 0.29) is 5.41 Å². The third kappa shape index (κ3) is 5.31. The molecule has 0 saturated heterocycles. The molecule has 3 nitrogen and oxygen atoms in total. The molecule has 2 heterocycles. The molecule has 0 amide bonds. The summed E-state index contributed by atoms with van der Waals surface area (Å²) in [6, 6.07) is 67.3. The van der Waals surface area contributed by atoms with Crippen molar-refractivity contribution < 1.29 is 4.42 Å². The zero-order valence-electron chi connectivity index (χ0n) is 31.8. The summed E-state index contributed by atoms with van der Waals surface area (Å²) >= 11 is 0. The van der Waals surface area contributed by atoms with Crippen molar-refractivity contribution in [1.82, 2.24) is 4.98 Å². The number of fused-ring (bicyclic) bond motifs is 8. The number of rotatable bonds is 6. The summed E-state index contributed by atoms with van der Waals surface area (Å²) in [5.41, 5.74) is 16.9. The smallest absolute Gasteiger partial charge is 0.136 e. The van der Waals surface area contributed by atoms with Crippen molar-refractivity contribution in [3.05, 3.63) is 205 Å². The first-order valence-electron chi connectivity index (χ1n) is 19.6. The van der Waals surface area contributed by atoms with Crippen LogP contribution in [0.4, 0.5) is 17.1 Å². The fourth-order valence-electron chi connectivity index (χ4n) is 9.14. The van der Waals surface area contributed by atoms with Gasteiger partial charge in [0.2, 0.25) is 0 Å². The van der Waals surface area contributed by atoms with Crippen LogP contribution < -0.4 is 4.90 Å². The Kier molecular flexibility index (Phi) is 7.52. The van der Waals surface area contributed by atoms with Gasteiger partial charge in [-0.15, -0.1) is 0 Å². The van der Waals surface area contributed by atoms with Crippen molar-refractivity contribution in [2.24, 2.45) is 0 Å². The van der Waals surface area contributed by atoms with Crippen molar-refractivity contribution >= 4 is 49.8 Å². The van der Waals surface area contributed by atoms with Crippen LogP contribution in [0.1, 0.15) is 25.0 Å². The Morgan fingerprint density at radius 3 is 1.86 bits per heavy atom. The van der Waals surface area contributed by atoms with Crippen LogP contribution in [0.5, 0.6) is 0 Å². The number of nitrogens with zero attached hydrogens (tertiary/aromatic N) is 2. The SMILES string of the molecule is CC1(C)c2ccccc2-c2ccc(N(c3ccccc3)c3ccc(-c4cc5oc6cccc(-c7ccc(-c8ccccc8)nc7)c6c5c5ccccc45)cc3)cc21. The number of benzene rings is 8. The summed E-state index contributed by atoms with van der Waals surface area (Å²) in [4.78, 5) is 7.23. The second kappa shape index (κ2) is 12.9. The lowest BCUT2D eigenvalue weighted by molar-refractivity contribution is 0.660. The predicted molar refractivity (Wildman–Crippen MR) is 238 cm³/mol. The molecule has 0 atom stereocenters. The van der Waals surface area contributed by atoms with Crippen molar-refractivity contribution in [3.63, 3.8) is 0 Å². The van der Waals surface area contributed by atoms with Gasteiger partial charge in [-0.05, 0) is 104 Å². The minimum atomic E-state index is -0.0881. The van der Waals surface area contributed by atoms with Crippen LogP contribution in [-0.4, -0.2) is 4.98 Å². The first kappa shape index (κ1) is 33.1. The molecule has 0 spiro atoms. The number of furan rings is 1. The average Bonchev–Trinajstić information content (AvgIpc) is 3.76. The Bertz CT molecular complexity index is 3120. The van der Waals surface area contributed by atoms with Crippen LogP contribution in [0.3, 0.4) is 0 Å². The highest BCUT2D eigenvalue weighted by Gasteiger charge is 2.35. The lowest BCUT2D eigenvalue weighted by atomic mass is 9.82. The molecule has 0 fully saturated rings. The first-order chi connectivity index (χ1) is 28.0. The molecule has 270 valence electrons. The third-order valence-electron chi connectivity index (χ3n) is 11.9. The van der Waals surface area contributed by atoms with E-state index in [9.17, 15) is 0 Å². The van der Waals surface area contributed by atoms with Crippen LogP contribution in [0, 0.1) is 0 Å². The number of anilines is 3. The van der Waals surface area contributed by atoms with E-state index in [0.717, 1.165) is 72.5 Å². The summed E-state index contributed by atoms with van der Waals surface area (Å²) in [7, 11) is 0. The highest BCUT2D eigenvalue weighted by atomic mass is 16.3. The van der Waals surface area contributed by atoms with Crippen molar-refractivity contribution in [1.29, 1.82) is 0 Å². The number of hydrogen-bond acceptors (Lipinski definition) is 3. The molecule has 1 aliphatic rings. The summed E-state index contributed by atoms with van der Waals surface area (Å²) in [5.74, 6) is 0. The largest absolute Gasteiger partial charge is 0.456 e. The molecular formula is C54H38N2O. The second-order valence-electron chi connectivity index (χ2n) is 15.5. The van der Waals surface area contributed by atoms with Gasteiger partial charge in [-0.2, -0.15) is 0 Å². The van der Waals surface area contributed by atoms with E-state index < -0.39 is 0 Å². The number of aromatic nitrogens is 1. The summed E-state index contributed by atoms with van der Waals surface area (Å²) in [5, 5.41) is 4.59. The van der Waals surface area contributed by atoms with Gasteiger partial charge in [-0.3, -0.25) is 4.98 Å². The van der Waals surface area contributed by atoms with Crippen LogP contribution >= 0.6 is 0 Å². The Morgan fingerprint density at radius 1 is 0.421 bits per heavy atom. The van der Waals surface area contributed by atoms with Crippen molar-refractivity contribution in [2.75, 3.05) is 4.90 Å². The maximum absolute atomic E-state index is 6.70. The maximum atomic E-state index is 6.70. The average molecular weight is 731 g/mol. The van der Waals surface area contributed by atoms with Gasteiger partial charge in [-0.25, -0.2) is 0 Å². The zero-order chi connectivity index (χ0) is 38.1. The molecular weight excluding hydrogens is 693 g/mol. The van der Waals surface area contributed by atoms with Crippen LogP contribution in [0.15, 0.2) is 199 Å². The fraction of sp³-hybridized carbons (Fsp3) is 0.0556. The van der Waals surface area contributed by atoms with Gasteiger partial charge < -0.3 is 9.32 Å². The lowest BCUT2D eigenvalue weighted by Gasteiger charge is -2.28. The maximum Gasteiger partial charge on any atom is 0.136 e. The van der Waals surface area contributed by atoms with Gasteiger partial charge in [0.1, 0.15) is 11.2 Å². The van der Waals surface area contributed by atoms with E-state index in [4.69, 9.17) is 9.40 Å². The molecule has 1 aliphatic carbocycles. The van der Waals surface area contributed by atoms with Crippen molar-refractivity contribution in [2.45, 2.75) is 19.3 Å². The van der Waals surface area contributed by atoms with Gasteiger partial charge in [0.25, 0.3) is 0 Å². The lowest BCUT2D eigenvalue weighted by Crippen LogP contribution is -2.16. The van der Waals surface area contributed by atoms with E-state index in [1.54, 1.807) is 0 Å². The molecule has 0 unspecified atom stereocenters. The van der Waals surface area contributed by atoms with Crippen LogP contribution in [0.2, 0.25) is 0 Å². The standard InChI is InChI=1S/C54H38N2O/c1-54(2)47-22-12-11-19-43(47)44-30-29-40(32-48(44)54)56(38-16-7-4-8-17-38)39-27-24-35(25-28-39)46-33-51-53(45-20-10-9-18-42(45)46)52-41(21-13-23-50(52)57-51)37-26-31-49(55-34-37)36-14-5-3-6-15-36/h3-34H,1-2H3. The molecule has 0 radical (unpaired) electrons. The molecule has 11 rings (SSSR count). The summed E-state index contributed by atoms with van der Waals surface area (Å²) in [6.45, 7) is 4.68. The molecule has 3 heteroatoms. The highest BCUT2D eigenvalue weighted by molar-refractivity contribution is 6.25. The van der Waals surface area contributed by atoms with Gasteiger partial charge in [0.05, 0.1) is 5.69 Å². The minimum absolute atomic E-state index is 0.0881. The molecule has 57 heavy (non-hydrogen) atoms. The predicted octanol–water partition coefficient (Wildman–Crippen LogP) is 14.9. The molecule has 2 aromatic heterocycles. The first-order valence-corrected chi connectivity index (χ1v) is 19.6. The second-order valence-corrected chi connectivity index (χ2v) is 15.5. The van der Waals surface area contributed by atoms with Gasteiger partial charge in [0.15, 0.2) is 0 Å². The Morgan fingerprint density at radius 2 is 1.07 bits per heavy atom. The molecule has 0 saturated carbocycles. The van der Waals surface area contributed by atoms with Crippen molar-refractivity contribution in [3.8, 4) is 44.6 Å². The fourth-order valence-corrected chi connectivity index (χ4v) is 9.14. The van der Waals surface area contributed by atoms with Crippen LogP contribution in [-0.2, 0) is 5.41 Å². The Labute approximate surface area is 332 Å². The monoisotopic (exact) mass is 730 g/mol. The topological polar surface area (TPSA) is 29.3 Å². The van der Waals surface area contributed by atoms with E-state index in [2.05, 4.69) is 189 Å². The summed E-state index contributed by atoms with van der Waals surface area (Å²) in [6.07, 6.45) is 1.98. The molecule has 8 aromatic carbocycles. The Balaban J connectivity index is 1.01. The zero-order valence-corrected chi connectivity index (χ0v) is 31.8. The molecule has 0 aliphatic heterocycles. The van der Waals surface area contributed by atoms with Crippen LogP contribution in [0.25, 0.3) is 77.3 Å². The highest BCUT2D eigenvalue weighted by Crippen LogP contribution is 2.51. The normalized spacial score (nSPS) is 12.9. The van der Waals surface area contributed by atoms with E-state index >= 15 is 0 Å². The number of hydrogen-bond donors (Lipinski definition) is 0. The van der Waals surface area contributed by atoms with E-state index in [1.807, 2.05) is 24.4 Å². The Hall–Kier alpha value is -7.23. The molecule has 0 bridgehead atoms. The molecule has 0 N–H and O–H groups in total. The number of pyridine rings is 1. The van der Waals surface area contributed by atoms with Gasteiger partial charge in [-0.1, -0.05) is 147 Å². The van der Waals surface area contributed by atoms with Gasteiger partial charge in [0, 0.05) is 50.6 Å². The minimum Gasteiger partial charge on any atom is -0.456 e. The van der Waals surface area contributed by atoms with E-state index in [1.165, 1.54) is 33.0 Å². The quantitative estimate of drug-likeness (QED) is 0.171. The van der Waals surface area contributed by atoms with E-state index in [0.29, 0.717) is 0 Å². The number of para-hydroxylation sites is 1.